The lowest BCUT2D eigenvalue weighted by Crippen LogP contribution is -2.27. The van der Waals surface area contributed by atoms with E-state index in [4.69, 9.17) is 16.7 Å². The van der Waals surface area contributed by atoms with E-state index in [1.165, 1.54) is 6.92 Å². The van der Waals surface area contributed by atoms with E-state index in [0.717, 1.165) is 13.1 Å². The molecule has 0 rings (SSSR count). The first-order valence-corrected chi connectivity index (χ1v) is 3.25. The smallest absolute Gasteiger partial charge is 0.0587 e. The molecule has 4 heteroatoms. The van der Waals surface area contributed by atoms with E-state index in [2.05, 4.69) is 5.32 Å². The van der Waals surface area contributed by atoms with Gasteiger partial charge in [-0.2, -0.15) is 5.26 Å². The Hall–Kier alpha value is -0.630. The summed E-state index contributed by atoms with van der Waals surface area (Å²) in [4.78, 5) is 0. The highest BCUT2D eigenvalue weighted by Gasteiger charge is 1.76. The van der Waals surface area contributed by atoms with Crippen molar-refractivity contribution in [1.82, 2.24) is 5.32 Å². The van der Waals surface area contributed by atoms with E-state index in [9.17, 15) is 0 Å². The molecule has 60 valence electrons. The SMILES string of the molecule is CC#N.NCCNCCN. The number of nitriles is 1. The molecule has 0 fully saturated rings. The van der Waals surface area contributed by atoms with Gasteiger partial charge in [0.1, 0.15) is 0 Å². The molecule has 0 spiro atoms. The molecule has 0 aliphatic heterocycles. The van der Waals surface area contributed by atoms with E-state index in [1.807, 2.05) is 0 Å². The Morgan fingerprint density at radius 2 is 1.60 bits per heavy atom. The summed E-state index contributed by atoms with van der Waals surface area (Å²) in [5.41, 5.74) is 10.3. The summed E-state index contributed by atoms with van der Waals surface area (Å²) >= 11 is 0. The molecule has 10 heavy (non-hydrogen) atoms. The molecule has 0 aliphatic rings. The Labute approximate surface area is 62.2 Å². The Morgan fingerprint density at radius 1 is 1.30 bits per heavy atom. The number of hydrogen-bond donors (Lipinski definition) is 3. The molecule has 0 saturated heterocycles. The summed E-state index contributed by atoms with van der Waals surface area (Å²) in [7, 11) is 0. The van der Waals surface area contributed by atoms with E-state index < -0.39 is 0 Å². The third kappa shape index (κ3) is 26.3. The van der Waals surface area contributed by atoms with E-state index >= 15 is 0 Å². The van der Waals surface area contributed by atoms with Gasteiger partial charge in [-0.15, -0.1) is 0 Å². The Morgan fingerprint density at radius 3 is 1.80 bits per heavy atom. The van der Waals surface area contributed by atoms with Gasteiger partial charge in [0, 0.05) is 33.1 Å². The second kappa shape index (κ2) is 15.8. The number of nitrogens with one attached hydrogen (secondary N) is 1. The Bertz CT molecular complexity index is 72.3. The van der Waals surface area contributed by atoms with Gasteiger partial charge in [-0.3, -0.25) is 0 Å². The summed E-state index contributed by atoms with van der Waals surface area (Å²) in [5.74, 6) is 0. The van der Waals surface area contributed by atoms with Crippen molar-refractivity contribution in [3.05, 3.63) is 0 Å². The van der Waals surface area contributed by atoms with Crippen LogP contribution in [0, 0.1) is 11.3 Å². The van der Waals surface area contributed by atoms with Crippen molar-refractivity contribution < 1.29 is 0 Å². The molecule has 0 aromatic carbocycles. The van der Waals surface area contributed by atoms with Gasteiger partial charge in [0.25, 0.3) is 0 Å². The van der Waals surface area contributed by atoms with Crippen molar-refractivity contribution in [1.29, 1.82) is 5.26 Å². The molecule has 0 amide bonds. The van der Waals surface area contributed by atoms with Gasteiger partial charge in [0.2, 0.25) is 0 Å². The first-order chi connectivity index (χ1) is 4.83. The van der Waals surface area contributed by atoms with Crippen LogP contribution in [0.1, 0.15) is 6.92 Å². The average molecular weight is 144 g/mol. The lowest BCUT2D eigenvalue weighted by atomic mass is 10.6. The lowest BCUT2D eigenvalue weighted by molar-refractivity contribution is 0.696. The van der Waals surface area contributed by atoms with Crippen molar-refractivity contribution in [2.45, 2.75) is 6.92 Å². The van der Waals surface area contributed by atoms with Crippen LogP contribution in [0.4, 0.5) is 0 Å². The fourth-order valence-electron chi connectivity index (χ4n) is 0.329. The Balaban J connectivity index is 0. The third-order valence-electron chi connectivity index (χ3n) is 0.642. The van der Waals surface area contributed by atoms with Crippen LogP contribution in [0.5, 0.6) is 0 Å². The fraction of sp³-hybridized carbons (Fsp3) is 0.833. The van der Waals surface area contributed by atoms with Crippen LogP contribution >= 0.6 is 0 Å². The first-order valence-electron chi connectivity index (χ1n) is 3.25. The van der Waals surface area contributed by atoms with Crippen LogP contribution in [0.3, 0.4) is 0 Å². The third-order valence-corrected chi connectivity index (χ3v) is 0.642. The molecule has 0 aromatic heterocycles. The molecule has 5 N–H and O–H groups in total. The molecule has 0 saturated carbocycles. The van der Waals surface area contributed by atoms with Crippen molar-refractivity contribution in [2.75, 3.05) is 26.2 Å². The number of nitrogens with two attached hydrogens (primary N) is 2. The summed E-state index contributed by atoms with van der Waals surface area (Å²) in [6.07, 6.45) is 0. The molecule has 0 radical (unpaired) electrons. The quantitative estimate of drug-likeness (QED) is 0.443. The van der Waals surface area contributed by atoms with Gasteiger partial charge in [-0.05, 0) is 0 Å². The predicted octanol–water partition coefficient (Wildman–Crippen LogP) is -0.977. The Kier molecular flexibility index (Phi) is 19.1. The standard InChI is InChI=1S/C4H13N3.C2H3N/c5-1-3-7-4-2-6;1-2-3/h7H,1-6H2;1H3. The first kappa shape index (κ1) is 12.1. The van der Waals surface area contributed by atoms with Crippen LogP contribution in [0.15, 0.2) is 0 Å². The molecule has 0 atom stereocenters. The van der Waals surface area contributed by atoms with E-state index in [-0.39, 0.29) is 0 Å². The van der Waals surface area contributed by atoms with Crippen LogP contribution in [-0.4, -0.2) is 26.2 Å². The highest BCUT2D eigenvalue weighted by atomic mass is 14.9. The van der Waals surface area contributed by atoms with Gasteiger partial charge in [-0.25, -0.2) is 0 Å². The van der Waals surface area contributed by atoms with Crippen LogP contribution in [-0.2, 0) is 0 Å². The molecule has 0 aromatic rings. The van der Waals surface area contributed by atoms with Crippen LogP contribution in [0.25, 0.3) is 0 Å². The zero-order chi connectivity index (χ0) is 8.24. The second-order valence-corrected chi connectivity index (χ2v) is 1.55. The predicted molar refractivity (Wildman–Crippen MR) is 42.3 cm³/mol. The summed E-state index contributed by atoms with van der Waals surface area (Å²) in [5, 5.41) is 10.4. The van der Waals surface area contributed by atoms with Gasteiger partial charge in [-0.1, -0.05) is 0 Å². The molecule has 0 aliphatic carbocycles. The largest absolute Gasteiger partial charge is 0.329 e. The number of hydrogen-bond acceptors (Lipinski definition) is 4. The minimum absolute atomic E-state index is 0.694. The summed E-state index contributed by atoms with van der Waals surface area (Å²) < 4.78 is 0. The van der Waals surface area contributed by atoms with Gasteiger partial charge in [0.05, 0.1) is 6.07 Å². The summed E-state index contributed by atoms with van der Waals surface area (Å²) in [6, 6.07) is 1.75. The monoisotopic (exact) mass is 144 g/mol. The number of nitrogens with zero attached hydrogens (tertiary/aromatic N) is 1. The zero-order valence-corrected chi connectivity index (χ0v) is 6.43. The fourth-order valence-corrected chi connectivity index (χ4v) is 0.329. The van der Waals surface area contributed by atoms with E-state index in [0.29, 0.717) is 13.1 Å². The van der Waals surface area contributed by atoms with Crippen molar-refractivity contribution in [2.24, 2.45) is 11.5 Å². The van der Waals surface area contributed by atoms with Gasteiger partial charge < -0.3 is 16.8 Å². The molecule has 4 nitrogen and oxygen atoms in total. The summed E-state index contributed by atoms with van der Waals surface area (Å²) in [6.45, 7) is 4.56. The maximum absolute atomic E-state index is 7.32. The van der Waals surface area contributed by atoms with Crippen LogP contribution < -0.4 is 16.8 Å². The molecular formula is C6H16N4. The molecule has 0 bridgehead atoms. The number of rotatable bonds is 4. The zero-order valence-electron chi connectivity index (χ0n) is 6.43. The lowest BCUT2D eigenvalue weighted by Gasteiger charge is -1.95. The second-order valence-electron chi connectivity index (χ2n) is 1.55. The average Bonchev–Trinajstić information content (AvgIpc) is 1.91. The highest BCUT2D eigenvalue weighted by molar-refractivity contribution is 4.51. The molecular weight excluding hydrogens is 128 g/mol. The van der Waals surface area contributed by atoms with Gasteiger partial charge >= 0.3 is 0 Å². The minimum Gasteiger partial charge on any atom is -0.329 e. The maximum atomic E-state index is 7.32. The van der Waals surface area contributed by atoms with Crippen molar-refractivity contribution in [3.8, 4) is 6.07 Å². The van der Waals surface area contributed by atoms with Crippen molar-refractivity contribution in [3.63, 3.8) is 0 Å². The highest BCUT2D eigenvalue weighted by Crippen LogP contribution is 1.49. The minimum atomic E-state index is 0.694. The molecule has 0 unspecified atom stereocenters. The molecule has 0 heterocycles. The maximum Gasteiger partial charge on any atom is 0.0587 e. The van der Waals surface area contributed by atoms with Crippen molar-refractivity contribution >= 4 is 0 Å². The topological polar surface area (TPSA) is 87.9 Å². The normalized spacial score (nSPS) is 7.40. The van der Waals surface area contributed by atoms with Gasteiger partial charge in [0.15, 0.2) is 0 Å². The van der Waals surface area contributed by atoms with Crippen LogP contribution in [0.2, 0.25) is 0 Å². The van der Waals surface area contributed by atoms with E-state index in [1.54, 1.807) is 6.07 Å².